The summed E-state index contributed by atoms with van der Waals surface area (Å²) < 4.78 is 22.1. The summed E-state index contributed by atoms with van der Waals surface area (Å²) in [5, 5.41) is 33.2. The van der Waals surface area contributed by atoms with E-state index in [1.807, 2.05) is 13.8 Å². The van der Waals surface area contributed by atoms with Gasteiger partial charge in [-0.25, -0.2) is 4.79 Å². The number of hydrogen-bond acceptors (Lipinski definition) is 9. The maximum Gasteiger partial charge on any atom is 0.345 e. The molecule has 0 spiro atoms. The summed E-state index contributed by atoms with van der Waals surface area (Å²) >= 11 is 6.62. The molecule has 2 saturated carbocycles. The van der Waals surface area contributed by atoms with E-state index in [0.29, 0.717) is 19.1 Å². The van der Waals surface area contributed by atoms with E-state index in [0.717, 1.165) is 0 Å². The van der Waals surface area contributed by atoms with Crippen LogP contribution in [0.1, 0.15) is 91.5 Å². The van der Waals surface area contributed by atoms with Crippen LogP contribution in [0.15, 0.2) is 0 Å². The van der Waals surface area contributed by atoms with Gasteiger partial charge in [0.25, 0.3) is 0 Å². The molecule has 1 aromatic carbocycles. The molecule has 4 rings (SSSR count). The number of aromatic hydroxyl groups is 1. The van der Waals surface area contributed by atoms with E-state index in [4.69, 9.17) is 30.5 Å². The predicted octanol–water partition coefficient (Wildman–Crippen LogP) is 3.96. The molecule has 11 heteroatoms. The van der Waals surface area contributed by atoms with E-state index < -0.39 is 51.9 Å². The Hall–Kier alpha value is -2.40. The minimum atomic E-state index is -1.37. The third-order valence-electron chi connectivity index (χ3n) is 9.53. The molecule has 2 aliphatic carbocycles. The lowest BCUT2D eigenvalue weighted by atomic mass is 9.43. The molecular formula is C27H35ClO10. The summed E-state index contributed by atoms with van der Waals surface area (Å²) in [6.45, 7) is 6.81. The molecule has 6 unspecified atom stereocenters. The van der Waals surface area contributed by atoms with Gasteiger partial charge in [-0.05, 0) is 32.6 Å². The van der Waals surface area contributed by atoms with Crippen molar-refractivity contribution in [2.75, 3.05) is 14.2 Å². The highest BCUT2D eigenvalue weighted by atomic mass is 35.5. The monoisotopic (exact) mass is 554 g/mol. The van der Waals surface area contributed by atoms with E-state index in [9.17, 15) is 29.7 Å². The number of rotatable bonds is 7. The van der Waals surface area contributed by atoms with Gasteiger partial charge in [-0.15, -0.1) is 11.6 Å². The minimum absolute atomic E-state index is 0.00296. The van der Waals surface area contributed by atoms with Crippen LogP contribution in [0.2, 0.25) is 0 Å². The fraction of sp³-hybridized carbons (Fsp3) is 0.667. The number of carboxylic acids is 1. The molecule has 0 radical (unpaired) electrons. The second kappa shape index (κ2) is 9.36. The fourth-order valence-electron chi connectivity index (χ4n) is 7.27. The van der Waals surface area contributed by atoms with Crippen LogP contribution in [-0.4, -0.2) is 64.3 Å². The first kappa shape index (κ1) is 28.6. The van der Waals surface area contributed by atoms with Crippen LogP contribution in [0.5, 0.6) is 11.5 Å². The van der Waals surface area contributed by atoms with Crippen molar-refractivity contribution in [1.82, 2.24) is 0 Å². The van der Waals surface area contributed by atoms with Crippen LogP contribution >= 0.6 is 11.6 Å². The third kappa shape index (κ3) is 3.67. The van der Waals surface area contributed by atoms with E-state index in [1.165, 1.54) is 14.2 Å². The van der Waals surface area contributed by atoms with E-state index in [-0.39, 0.29) is 52.8 Å². The van der Waals surface area contributed by atoms with Gasteiger partial charge >= 0.3 is 11.9 Å². The number of phenols is 1. The molecular weight excluding hydrogens is 520 g/mol. The van der Waals surface area contributed by atoms with Crippen molar-refractivity contribution in [3.05, 3.63) is 22.3 Å². The molecule has 0 saturated heterocycles. The van der Waals surface area contributed by atoms with Crippen LogP contribution < -0.4 is 4.74 Å². The summed E-state index contributed by atoms with van der Waals surface area (Å²) in [6.07, 6.45) is 0.529. The Morgan fingerprint density at radius 1 is 1.18 bits per heavy atom. The average Bonchev–Trinajstić information content (AvgIpc) is 3.18. The zero-order valence-corrected chi connectivity index (χ0v) is 23.2. The summed E-state index contributed by atoms with van der Waals surface area (Å²) in [5.74, 6) is -3.58. The second-order valence-corrected chi connectivity index (χ2v) is 12.1. The number of carboxylic acid groups (broad SMARTS) is 1. The van der Waals surface area contributed by atoms with E-state index in [1.54, 1.807) is 13.8 Å². The largest absolute Gasteiger partial charge is 0.507 e. The number of benzene rings is 1. The topological polar surface area (TPSA) is 149 Å². The molecule has 1 heterocycles. The summed E-state index contributed by atoms with van der Waals surface area (Å²) in [7, 11) is 2.58. The van der Waals surface area contributed by atoms with Gasteiger partial charge in [0, 0.05) is 23.3 Å². The average molecular weight is 555 g/mol. The molecule has 0 aromatic heterocycles. The van der Waals surface area contributed by atoms with Crippen molar-refractivity contribution in [2.45, 2.75) is 82.9 Å². The molecule has 3 N–H and O–H groups in total. The number of cyclic esters (lactones) is 1. The highest BCUT2D eigenvalue weighted by Gasteiger charge is 2.71. The first-order valence-corrected chi connectivity index (χ1v) is 13.0. The number of methoxy groups -OCH3 is 2. The number of halogens is 1. The van der Waals surface area contributed by atoms with Gasteiger partial charge in [0.1, 0.15) is 17.1 Å². The second-order valence-electron chi connectivity index (χ2n) is 11.5. The number of hydrogen-bond donors (Lipinski definition) is 3. The minimum Gasteiger partial charge on any atom is -0.507 e. The lowest BCUT2D eigenvalue weighted by Crippen LogP contribution is -2.72. The standard InChI is InChI=1S/C27H35ClO10/c1-24(2)15(28)7-8-25(3)20(21(31)32)26(4,9-10-27(24,25)34)37-12-14-18(30)13(11-29)16-17(19(14)35-5)22(33)38-23(16)36-6/h11,15,20,23,30,34H,7-10,12H2,1-6H3,(H,31,32). The molecule has 0 amide bonds. The molecule has 210 valence electrons. The third-order valence-corrected chi connectivity index (χ3v) is 10.3. The summed E-state index contributed by atoms with van der Waals surface area (Å²) in [5.41, 5.74) is -4.69. The Bertz CT molecular complexity index is 1180. The normalized spacial score (nSPS) is 35.7. The number of fused-ring (bicyclic) bond motifs is 2. The lowest BCUT2D eigenvalue weighted by molar-refractivity contribution is -0.273. The van der Waals surface area contributed by atoms with Gasteiger partial charge in [0.2, 0.25) is 6.29 Å². The summed E-state index contributed by atoms with van der Waals surface area (Å²) in [6, 6.07) is 0. The van der Waals surface area contributed by atoms with Crippen LogP contribution in [-0.2, 0) is 25.6 Å². The van der Waals surface area contributed by atoms with Crippen molar-refractivity contribution in [3.63, 3.8) is 0 Å². The first-order chi connectivity index (χ1) is 17.6. The molecule has 1 aliphatic heterocycles. The highest BCUT2D eigenvalue weighted by molar-refractivity contribution is 6.21. The number of alkyl halides is 1. The SMILES string of the molecule is COc1c(COC2(C)CCC3(O)C(C)(C)C(Cl)CCC3(C)C2C(=O)O)c(O)c(C=O)c2c1C(=O)OC2OC. The van der Waals surface area contributed by atoms with Gasteiger partial charge < -0.3 is 34.3 Å². The van der Waals surface area contributed by atoms with Gasteiger partial charge in [-0.3, -0.25) is 9.59 Å². The number of phenolic OH excluding ortho intramolecular Hbond substituents is 1. The van der Waals surface area contributed by atoms with Crippen molar-refractivity contribution in [1.29, 1.82) is 0 Å². The number of esters is 1. The Morgan fingerprint density at radius 2 is 1.84 bits per heavy atom. The quantitative estimate of drug-likeness (QED) is 0.257. The number of aliphatic carboxylic acids is 1. The number of ether oxygens (including phenoxy) is 4. The Labute approximate surface area is 226 Å². The molecule has 2 fully saturated rings. The first-order valence-electron chi connectivity index (χ1n) is 12.5. The van der Waals surface area contributed by atoms with Crippen molar-refractivity contribution < 1.29 is 48.7 Å². The molecule has 0 bridgehead atoms. The number of aldehydes is 1. The van der Waals surface area contributed by atoms with Crippen LogP contribution in [0.4, 0.5) is 0 Å². The Kier molecular flexibility index (Phi) is 7.05. The lowest BCUT2D eigenvalue weighted by Gasteiger charge is -2.66. The Balaban J connectivity index is 1.77. The van der Waals surface area contributed by atoms with Crippen LogP contribution in [0, 0.1) is 16.7 Å². The molecule has 10 nitrogen and oxygen atoms in total. The fourth-order valence-corrected chi connectivity index (χ4v) is 7.56. The maximum atomic E-state index is 12.8. The molecule has 38 heavy (non-hydrogen) atoms. The smallest absolute Gasteiger partial charge is 0.345 e. The number of aliphatic hydroxyl groups is 1. The van der Waals surface area contributed by atoms with E-state index >= 15 is 0 Å². The zero-order valence-electron chi connectivity index (χ0n) is 22.4. The number of carbonyl (C=O) groups excluding carboxylic acids is 2. The van der Waals surface area contributed by atoms with Crippen molar-refractivity contribution >= 4 is 29.8 Å². The van der Waals surface area contributed by atoms with Crippen LogP contribution in [0.25, 0.3) is 0 Å². The van der Waals surface area contributed by atoms with Gasteiger partial charge in [-0.2, -0.15) is 0 Å². The van der Waals surface area contributed by atoms with Crippen molar-refractivity contribution in [3.8, 4) is 11.5 Å². The maximum absolute atomic E-state index is 12.8. The van der Waals surface area contributed by atoms with Crippen LogP contribution in [0.3, 0.4) is 0 Å². The van der Waals surface area contributed by atoms with Crippen molar-refractivity contribution in [2.24, 2.45) is 16.7 Å². The zero-order chi connectivity index (χ0) is 28.4. The number of carbonyl (C=O) groups is 3. The van der Waals surface area contributed by atoms with E-state index in [2.05, 4.69) is 0 Å². The highest BCUT2D eigenvalue weighted by Crippen LogP contribution is 2.66. The molecule has 3 aliphatic rings. The van der Waals surface area contributed by atoms with Gasteiger partial charge in [0.15, 0.2) is 6.29 Å². The van der Waals surface area contributed by atoms with Gasteiger partial charge in [-0.1, -0.05) is 20.8 Å². The summed E-state index contributed by atoms with van der Waals surface area (Å²) in [4.78, 5) is 37.4. The predicted molar refractivity (Wildman–Crippen MR) is 134 cm³/mol. The molecule has 1 aromatic rings. The van der Waals surface area contributed by atoms with Gasteiger partial charge in [0.05, 0.1) is 47.5 Å². The Morgan fingerprint density at radius 3 is 2.39 bits per heavy atom. The molecule has 6 atom stereocenters.